The second-order valence-electron chi connectivity index (χ2n) is 19.1. The molecule has 13 nitrogen and oxygen atoms in total. The molecule has 1 aromatic heterocycles. The Kier molecular flexibility index (Phi) is 11.7. The van der Waals surface area contributed by atoms with Crippen molar-refractivity contribution in [1.29, 1.82) is 0 Å². The summed E-state index contributed by atoms with van der Waals surface area (Å²) < 4.78 is 29.7. The van der Waals surface area contributed by atoms with Crippen molar-refractivity contribution in [3.63, 3.8) is 0 Å². The maximum Gasteiger partial charge on any atom is 0.303 e. The molecule has 0 aromatic carbocycles. The molecule has 0 bridgehead atoms. The molecule has 4 amide bonds. The first kappa shape index (κ1) is 42.9. The van der Waals surface area contributed by atoms with E-state index in [9.17, 15) is 27.6 Å². The zero-order chi connectivity index (χ0) is 41.8. The standard InChI is InChI=1S/C43H64N6O7S/c1-9-30-23-41(30,38(54)47-57(55,56)48(10-2)11-3)25-32(50)31-24-43(40(7,8)42(43)20-16-21-42)27-49(31)37(53)34(39(4,5)6)46-36(52)33(28-17-13-12-14-18-28)45-35(51)29-19-15-22-44-26-29/h9,15,19,22,26,28,30-31,33-34H,1,10-14,16-18,20-21,23-25,27H2,2-8H3,(H,45,51)(H,46,52)(H,47,54)/t30-,31+,33?,34-,41-,43-/m1/s1. The van der Waals surface area contributed by atoms with E-state index in [0.29, 0.717) is 18.5 Å². The Morgan fingerprint density at radius 2 is 1.67 bits per heavy atom. The van der Waals surface area contributed by atoms with Crippen LogP contribution in [-0.4, -0.2) is 89.8 Å². The molecule has 6 atom stereocenters. The van der Waals surface area contributed by atoms with E-state index in [4.69, 9.17) is 0 Å². The first-order valence-electron chi connectivity index (χ1n) is 21.0. The highest BCUT2D eigenvalue weighted by atomic mass is 32.2. The normalized spacial score (nSPS) is 28.6. The molecule has 2 spiro atoms. The molecule has 1 aliphatic heterocycles. The van der Waals surface area contributed by atoms with E-state index in [2.05, 4.69) is 40.8 Å². The van der Waals surface area contributed by atoms with Crippen LogP contribution in [-0.2, 0) is 29.4 Å². The van der Waals surface area contributed by atoms with Crippen LogP contribution in [0.2, 0.25) is 0 Å². The number of nitrogens with zero attached hydrogens (tertiary/aromatic N) is 3. The van der Waals surface area contributed by atoms with Crippen LogP contribution in [0.3, 0.4) is 0 Å². The van der Waals surface area contributed by atoms with E-state index in [1.54, 1.807) is 43.2 Å². The molecule has 57 heavy (non-hydrogen) atoms. The SMILES string of the molecule is C=C[C@@H]1C[C@]1(CC(=O)[C@@H]1C[C@@]2(CN1C(=O)[C@@H](NC(=O)C(NC(=O)c1cccnc1)C1CCCCC1)C(C)(C)C)C(C)(C)C21CCC1)C(=O)NS(=O)(=O)N(CC)CC. The number of allylic oxidation sites excluding steroid dienone is 1. The van der Waals surface area contributed by atoms with Gasteiger partial charge in [-0.1, -0.05) is 80.2 Å². The van der Waals surface area contributed by atoms with E-state index < -0.39 is 62.8 Å². The summed E-state index contributed by atoms with van der Waals surface area (Å²) in [6.07, 6.45) is 12.7. The van der Waals surface area contributed by atoms with Gasteiger partial charge in [0, 0.05) is 43.9 Å². The van der Waals surface area contributed by atoms with Crippen molar-refractivity contribution >= 4 is 39.6 Å². The first-order chi connectivity index (χ1) is 26.8. The fraction of sp³-hybridized carbons (Fsp3) is 0.721. The molecular weight excluding hydrogens is 745 g/mol. The Labute approximate surface area is 339 Å². The van der Waals surface area contributed by atoms with E-state index >= 15 is 4.79 Å². The molecule has 14 heteroatoms. The summed E-state index contributed by atoms with van der Waals surface area (Å²) in [5.74, 6) is -2.77. The van der Waals surface area contributed by atoms with E-state index in [1.165, 1.54) is 6.20 Å². The maximum atomic E-state index is 15.2. The van der Waals surface area contributed by atoms with Gasteiger partial charge in [-0.2, -0.15) is 12.7 Å². The summed E-state index contributed by atoms with van der Waals surface area (Å²) in [5.41, 5.74) is -2.20. The van der Waals surface area contributed by atoms with Crippen LogP contribution in [0.25, 0.3) is 0 Å². The summed E-state index contributed by atoms with van der Waals surface area (Å²) in [6, 6.07) is 0.528. The van der Waals surface area contributed by atoms with Gasteiger partial charge in [-0.05, 0) is 78.7 Å². The lowest BCUT2D eigenvalue weighted by Crippen LogP contribution is -2.61. The van der Waals surface area contributed by atoms with Gasteiger partial charge in [0.25, 0.3) is 5.91 Å². The largest absolute Gasteiger partial charge is 0.342 e. The monoisotopic (exact) mass is 808 g/mol. The molecule has 4 aliphatic carbocycles. The third-order valence-corrected chi connectivity index (χ3v) is 16.7. The zero-order valence-electron chi connectivity index (χ0n) is 35.0. The van der Waals surface area contributed by atoms with Crippen molar-refractivity contribution in [1.82, 2.24) is 29.5 Å². The molecule has 314 valence electrons. The number of hydrogen-bond acceptors (Lipinski definition) is 8. The Hall–Kier alpha value is -3.65. The van der Waals surface area contributed by atoms with Crippen molar-refractivity contribution in [2.24, 2.45) is 38.9 Å². The highest BCUT2D eigenvalue weighted by Gasteiger charge is 2.85. The Morgan fingerprint density at radius 3 is 2.18 bits per heavy atom. The van der Waals surface area contributed by atoms with Crippen molar-refractivity contribution in [3.05, 3.63) is 42.7 Å². The van der Waals surface area contributed by atoms with Gasteiger partial charge in [-0.15, -0.1) is 6.58 Å². The van der Waals surface area contributed by atoms with Gasteiger partial charge in [0.15, 0.2) is 5.78 Å². The van der Waals surface area contributed by atoms with Crippen LogP contribution < -0.4 is 15.4 Å². The van der Waals surface area contributed by atoms with Gasteiger partial charge >= 0.3 is 10.2 Å². The minimum absolute atomic E-state index is 0.00711. The third-order valence-electron chi connectivity index (χ3n) is 15.1. The molecule has 6 rings (SSSR count). The van der Waals surface area contributed by atoms with E-state index in [0.717, 1.165) is 55.7 Å². The lowest BCUT2D eigenvalue weighted by atomic mass is 9.73. The minimum Gasteiger partial charge on any atom is -0.342 e. The average molecular weight is 809 g/mol. The van der Waals surface area contributed by atoms with Gasteiger partial charge in [-0.25, -0.2) is 4.72 Å². The van der Waals surface area contributed by atoms with Crippen molar-refractivity contribution in [2.75, 3.05) is 19.6 Å². The summed E-state index contributed by atoms with van der Waals surface area (Å²) in [4.78, 5) is 77.4. The number of pyridine rings is 1. The number of rotatable bonds is 15. The number of Topliss-reactive ketones (excluding diaryl/α,β-unsaturated/α-hetero) is 1. The summed E-state index contributed by atoms with van der Waals surface area (Å²) in [7, 11) is -4.13. The van der Waals surface area contributed by atoms with Crippen molar-refractivity contribution in [3.8, 4) is 0 Å². The molecule has 1 aromatic rings. The molecule has 4 saturated carbocycles. The molecule has 5 fully saturated rings. The van der Waals surface area contributed by atoms with Gasteiger partial charge < -0.3 is 15.5 Å². The second-order valence-corrected chi connectivity index (χ2v) is 20.8. The molecule has 5 aliphatic rings. The lowest BCUT2D eigenvalue weighted by Gasteiger charge is -2.38. The molecular formula is C43H64N6O7S. The number of amides is 4. The quantitative estimate of drug-likeness (QED) is 0.209. The highest BCUT2D eigenvalue weighted by molar-refractivity contribution is 7.87. The number of fused-ring (bicyclic) bond motifs is 1. The van der Waals surface area contributed by atoms with E-state index in [-0.39, 0.29) is 59.8 Å². The Balaban J connectivity index is 1.29. The van der Waals surface area contributed by atoms with Crippen molar-refractivity contribution in [2.45, 2.75) is 137 Å². The first-order valence-corrected chi connectivity index (χ1v) is 22.5. The van der Waals surface area contributed by atoms with Crippen molar-refractivity contribution < 1.29 is 32.4 Å². The molecule has 1 unspecified atom stereocenters. The van der Waals surface area contributed by atoms with Crippen LogP contribution >= 0.6 is 0 Å². The molecule has 1 saturated heterocycles. The van der Waals surface area contributed by atoms with E-state index in [1.807, 2.05) is 20.8 Å². The number of hydrogen-bond donors (Lipinski definition) is 3. The number of carbonyl (C=O) groups excluding carboxylic acids is 5. The summed E-state index contributed by atoms with van der Waals surface area (Å²) in [6.45, 7) is 18.1. The molecule has 2 heterocycles. The fourth-order valence-corrected chi connectivity index (χ4v) is 12.5. The number of carbonyl (C=O) groups is 5. The molecule has 0 radical (unpaired) electrons. The fourth-order valence-electron chi connectivity index (χ4n) is 11.2. The molecule has 3 N–H and O–H groups in total. The smallest absolute Gasteiger partial charge is 0.303 e. The predicted octanol–water partition coefficient (Wildman–Crippen LogP) is 4.94. The Morgan fingerprint density at radius 1 is 1.00 bits per heavy atom. The average Bonchev–Trinajstić information content (AvgIpc) is 3.88. The van der Waals surface area contributed by atoms with Crippen LogP contribution in [0.1, 0.15) is 129 Å². The summed E-state index contributed by atoms with van der Waals surface area (Å²) in [5, 5.41) is 6.06. The number of nitrogens with one attached hydrogen (secondary N) is 3. The van der Waals surface area contributed by atoms with Crippen LogP contribution in [0, 0.1) is 38.9 Å². The summed E-state index contributed by atoms with van der Waals surface area (Å²) >= 11 is 0. The van der Waals surface area contributed by atoms with Crippen LogP contribution in [0.5, 0.6) is 0 Å². The van der Waals surface area contributed by atoms with Crippen LogP contribution in [0.15, 0.2) is 37.2 Å². The number of ketones is 1. The zero-order valence-corrected chi connectivity index (χ0v) is 35.8. The number of likely N-dealkylation sites (tertiary alicyclic amines) is 1. The minimum atomic E-state index is -4.13. The second kappa shape index (κ2) is 15.5. The topological polar surface area (TPSA) is 175 Å². The number of aromatic nitrogens is 1. The lowest BCUT2D eigenvalue weighted by molar-refractivity contribution is -0.144. The third kappa shape index (κ3) is 7.35. The van der Waals surface area contributed by atoms with Gasteiger partial charge in [0.2, 0.25) is 17.7 Å². The predicted molar refractivity (Wildman–Crippen MR) is 216 cm³/mol. The van der Waals surface area contributed by atoms with Gasteiger partial charge in [0.1, 0.15) is 12.1 Å². The Bertz CT molecular complexity index is 1860. The van der Waals surface area contributed by atoms with Gasteiger partial charge in [-0.3, -0.25) is 29.0 Å². The highest BCUT2D eigenvalue weighted by Crippen LogP contribution is 2.88. The van der Waals surface area contributed by atoms with Gasteiger partial charge in [0.05, 0.1) is 17.0 Å². The van der Waals surface area contributed by atoms with Crippen LogP contribution in [0.4, 0.5) is 0 Å². The maximum absolute atomic E-state index is 15.2.